The fourth-order valence-electron chi connectivity index (χ4n) is 2.44. The Kier molecular flexibility index (Phi) is 6.05. The van der Waals surface area contributed by atoms with Crippen molar-refractivity contribution in [3.05, 3.63) is 68.2 Å². The molecular formula is C17H19BrN3O3+. The number of halogens is 1. The van der Waals surface area contributed by atoms with Crippen LogP contribution in [0.1, 0.15) is 11.1 Å². The Balaban J connectivity index is 2.00. The molecule has 1 unspecified atom stereocenters. The quantitative estimate of drug-likeness (QED) is 0.584. The number of hydrogen-bond acceptors (Lipinski definition) is 3. The van der Waals surface area contributed by atoms with Gasteiger partial charge in [-0.15, -0.1) is 0 Å². The number of anilines is 1. The van der Waals surface area contributed by atoms with Crippen LogP contribution in [0.4, 0.5) is 11.4 Å². The average molecular weight is 393 g/mol. The Hall–Kier alpha value is -2.25. The van der Waals surface area contributed by atoms with Gasteiger partial charge in [-0.05, 0) is 24.6 Å². The highest BCUT2D eigenvalue weighted by Gasteiger charge is 2.19. The molecular weight excluding hydrogens is 374 g/mol. The first-order valence-electron chi connectivity index (χ1n) is 7.46. The molecule has 2 N–H and O–H groups in total. The Morgan fingerprint density at radius 3 is 2.54 bits per heavy atom. The lowest BCUT2D eigenvalue weighted by molar-refractivity contribution is -0.885. The molecule has 0 radical (unpaired) electrons. The molecule has 126 valence electrons. The average Bonchev–Trinajstić information content (AvgIpc) is 2.51. The zero-order chi connectivity index (χ0) is 17.7. The first kappa shape index (κ1) is 18.1. The van der Waals surface area contributed by atoms with Crippen LogP contribution in [0.2, 0.25) is 0 Å². The minimum Gasteiger partial charge on any atom is -0.326 e. The second kappa shape index (κ2) is 8.03. The summed E-state index contributed by atoms with van der Waals surface area (Å²) in [6, 6.07) is 12.6. The third kappa shape index (κ3) is 4.87. The van der Waals surface area contributed by atoms with Crippen molar-refractivity contribution in [2.45, 2.75) is 13.5 Å². The summed E-state index contributed by atoms with van der Waals surface area (Å²) < 4.78 is 1.01. The van der Waals surface area contributed by atoms with Crippen molar-refractivity contribution < 1.29 is 14.6 Å². The molecule has 0 aliphatic heterocycles. The molecule has 7 heteroatoms. The summed E-state index contributed by atoms with van der Waals surface area (Å²) >= 11 is 3.39. The van der Waals surface area contributed by atoms with Crippen LogP contribution in [-0.4, -0.2) is 24.4 Å². The second-order valence-corrected chi connectivity index (χ2v) is 6.63. The lowest BCUT2D eigenvalue weighted by Crippen LogP contribution is -3.08. The Morgan fingerprint density at radius 2 is 1.92 bits per heavy atom. The van der Waals surface area contributed by atoms with E-state index in [4.69, 9.17) is 0 Å². The summed E-state index contributed by atoms with van der Waals surface area (Å²) in [5.41, 5.74) is 1.96. The zero-order valence-corrected chi connectivity index (χ0v) is 15.1. The molecule has 2 aromatic carbocycles. The standard InChI is InChI=1S/C17H18BrN3O3/c1-12-4-3-5-15(21(23)24)17(12)19-16(22)11-20(2)10-13-6-8-14(18)9-7-13/h3-9H,10-11H2,1-2H3,(H,19,22)/p+1. The van der Waals surface area contributed by atoms with Crippen LogP contribution >= 0.6 is 15.9 Å². The van der Waals surface area contributed by atoms with Gasteiger partial charge < -0.3 is 10.2 Å². The molecule has 2 aromatic rings. The van der Waals surface area contributed by atoms with E-state index in [2.05, 4.69) is 21.2 Å². The number of nitro benzene ring substituents is 1. The first-order chi connectivity index (χ1) is 11.4. The normalized spacial score (nSPS) is 11.8. The van der Waals surface area contributed by atoms with Crippen molar-refractivity contribution in [1.29, 1.82) is 0 Å². The van der Waals surface area contributed by atoms with Crippen LogP contribution in [0, 0.1) is 17.0 Å². The topological polar surface area (TPSA) is 76.7 Å². The molecule has 6 nitrogen and oxygen atoms in total. The number of hydrogen-bond donors (Lipinski definition) is 2. The maximum absolute atomic E-state index is 12.2. The van der Waals surface area contributed by atoms with Gasteiger partial charge in [0.25, 0.3) is 11.6 Å². The number of nitro groups is 1. The van der Waals surface area contributed by atoms with Crippen LogP contribution in [0.25, 0.3) is 0 Å². The summed E-state index contributed by atoms with van der Waals surface area (Å²) in [5, 5.41) is 13.8. The molecule has 0 aliphatic rings. The molecule has 0 heterocycles. The van der Waals surface area contributed by atoms with Crippen molar-refractivity contribution >= 4 is 33.2 Å². The van der Waals surface area contributed by atoms with Gasteiger partial charge in [-0.3, -0.25) is 14.9 Å². The minimum atomic E-state index is -0.485. The summed E-state index contributed by atoms with van der Waals surface area (Å²) in [4.78, 5) is 23.8. The van der Waals surface area contributed by atoms with Crippen LogP contribution in [0.3, 0.4) is 0 Å². The van der Waals surface area contributed by atoms with E-state index >= 15 is 0 Å². The van der Waals surface area contributed by atoms with E-state index < -0.39 is 4.92 Å². The Bertz CT molecular complexity index is 747. The summed E-state index contributed by atoms with van der Waals surface area (Å²) in [6.07, 6.45) is 0. The number of para-hydroxylation sites is 1. The highest BCUT2D eigenvalue weighted by atomic mass is 79.9. The lowest BCUT2D eigenvalue weighted by atomic mass is 10.1. The van der Waals surface area contributed by atoms with E-state index in [0.717, 1.165) is 14.9 Å². The second-order valence-electron chi connectivity index (χ2n) is 5.71. The number of likely N-dealkylation sites (N-methyl/N-ethyl adjacent to an activating group) is 1. The molecule has 0 saturated heterocycles. The number of nitrogens with zero attached hydrogens (tertiary/aromatic N) is 1. The maximum atomic E-state index is 12.2. The fraction of sp³-hybridized carbons (Fsp3) is 0.235. The number of amides is 1. The fourth-order valence-corrected chi connectivity index (χ4v) is 2.70. The van der Waals surface area contributed by atoms with E-state index in [1.54, 1.807) is 19.1 Å². The minimum absolute atomic E-state index is 0.0890. The van der Waals surface area contributed by atoms with Crippen molar-refractivity contribution in [2.24, 2.45) is 0 Å². The Labute approximate surface area is 148 Å². The highest BCUT2D eigenvalue weighted by molar-refractivity contribution is 9.10. The van der Waals surface area contributed by atoms with Gasteiger partial charge in [-0.1, -0.05) is 40.2 Å². The van der Waals surface area contributed by atoms with Gasteiger partial charge in [0, 0.05) is 16.1 Å². The van der Waals surface area contributed by atoms with Crippen molar-refractivity contribution in [3.8, 4) is 0 Å². The van der Waals surface area contributed by atoms with Gasteiger partial charge in [0.15, 0.2) is 6.54 Å². The number of quaternary nitrogens is 1. The van der Waals surface area contributed by atoms with Gasteiger partial charge in [0.1, 0.15) is 12.2 Å². The molecule has 0 aliphatic carbocycles. The Morgan fingerprint density at radius 1 is 1.25 bits per heavy atom. The molecule has 0 fully saturated rings. The van der Waals surface area contributed by atoms with E-state index in [9.17, 15) is 14.9 Å². The van der Waals surface area contributed by atoms with Gasteiger partial charge in [0.05, 0.1) is 12.0 Å². The number of carbonyl (C=O) groups excluding carboxylic acids is 1. The van der Waals surface area contributed by atoms with Crippen molar-refractivity contribution in [2.75, 3.05) is 18.9 Å². The summed E-state index contributed by atoms with van der Waals surface area (Å²) in [7, 11) is 1.91. The first-order valence-corrected chi connectivity index (χ1v) is 8.25. The molecule has 0 bridgehead atoms. The number of benzene rings is 2. The smallest absolute Gasteiger partial charge is 0.293 e. The van der Waals surface area contributed by atoms with Gasteiger partial charge in [0.2, 0.25) is 0 Å². The lowest BCUT2D eigenvalue weighted by Gasteiger charge is -2.14. The van der Waals surface area contributed by atoms with Gasteiger partial charge in [-0.25, -0.2) is 0 Å². The van der Waals surface area contributed by atoms with Crippen molar-refractivity contribution in [3.63, 3.8) is 0 Å². The summed E-state index contributed by atoms with van der Waals surface area (Å²) in [5.74, 6) is -0.248. The number of nitrogens with one attached hydrogen (secondary N) is 2. The molecule has 1 atom stereocenters. The highest BCUT2D eigenvalue weighted by Crippen LogP contribution is 2.27. The molecule has 24 heavy (non-hydrogen) atoms. The third-order valence-electron chi connectivity index (χ3n) is 3.59. The van der Waals surface area contributed by atoms with Crippen LogP contribution in [0.5, 0.6) is 0 Å². The number of aryl methyl sites for hydroxylation is 1. The molecule has 1 amide bonds. The molecule has 2 rings (SSSR count). The summed E-state index contributed by atoms with van der Waals surface area (Å²) in [6.45, 7) is 2.65. The molecule has 0 spiro atoms. The van der Waals surface area contributed by atoms with E-state index in [1.165, 1.54) is 6.07 Å². The zero-order valence-electron chi connectivity index (χ0n) is 13.5. The monoisotopic (exact) mass is 392 g/mol. The molecule has 0 saturated carbocycles. The number of carbonyl (C=O) groups is 1. The molecule has 0 aromatic heterocycles. The van der Waals surface area contributed by atoms with Crippen LogP contribution in [0.15, 0.2) is 46.9 Å². The predicted molar refractivity (Wildman–Crippen MR) is 96.1 cm³/mol. The van der Waals surface area contributed by atoms with E-state index in [-0.39, 0.29) is 23.8 Å². The van der Waals surface area contributed by atoms with E-state index in [1.807, 2.05) is 31.3 Å². The number of rotatable bonds is 6. The van der Waals surface area contributed by atoms with Crippen LogP contribution in [-0.2, 0) is 11.3 Å². The van der Waals surface area contributed by atoms with Gasteiger partial charge >= 0.3 is 0 Å². The van der Waals surface area contributed by atoms with Crippen LogP contribution < -0.4 is 10.2 Å². The maximum Gasteiger partial charge on any atom is 0.293 e. The van der Waals surface area contributed by atoms with Crippen molar-refractivity contribution in [1.82, 2.24) is 0 Å². The predicted octanol–water partition coefficient (Wildman–Crippen LogP) is 2.32. The third-order valence-corrected chi connectivity index (χ3v) is 4.12. The largest absolute Gasteiger partial charge is 0.326 e. The van der Waals surface area contributed by atoms with E-state index in [0.29, 0.717) is 12.1 Å². The SMILES string of the molecule is Cc1cccc([N+](=O)[O-])c1NC(=O)C[NH+](C)Cc1ccc(Br)cc1. The van der Waals surface area contributed by atoms with Gasteiger partial charge in [-0.2, -0.15) is 0 Å².